The van der Waals surface area contributed by atoms with Gasteiger partial charge in [-0.2, -0.15) is 12.6 Å². The Kier molecular flexibility index (Phi) is 5.42. The Morgan fingerprint density at radius 2 is 2.25 bits per heavy atom. The molecule has 1 amide bonds. The normalized spacial score (nSPS) is 19.6. The molecule has 1 aliphatic rings. The van der Waals surface area contributed by atoms with Crippen LogP contribution in [0, 0.1) is 0 Å². The maximum atomic E-state index is 12.1. The Labute approximate surface area is 124 Å². The van der Waals surface area contributed by atoms with E-state index >= 15 is 0 Å². The van der Waals surface area contributed by atoms with Gasteiger partial charge >= 0.3 is 0 Å². The van der Waals surface area contributed by atoms with Crippen LogP contribution in [0.5, 0.6) is 0 Å². The first-order valence-corrected chi connectivity index (χ1v) is 7.62. The number of thiol groups is 1. The number of rotatable bonds is 5. The Balaban J connectivity index is 2.11. The molecule has 1 saturated heterocycles. The number of aromatic nitrogens is 2. The highest BCUT2D eigenvalue weighted by Gasteiger charge is 2.31. The lowest BCUT2D eigenvalue weighted by atomic mass is 10.0. The number of hydrogen-bond donors (Lipinski definition) is 1. The van der Waals surface area contributed by atoms with Gasteiger partial charge in [0.2, 0.25) is 17.7 Å². The van der Waals surface area contributed by atoms with Crippen LogP contribution in [0.2, 0.25) is 0 Å². The van der Waals surface area contributed by atoms with E-state index in [9.17, 15) is 4.79 Å². The van der Waals surface area contributed by atoms with Crippen molar-refractivity contribution in [1.82, 2.24) is 20.0 Å². The molecule has 0 saturated carbocycles. The SMILES string of the molecule is CN(C)Cc1nnc(C2CCCCN2C(=O)CCS)o1. The van der Waals surface area contributed by atoms with Gasteiger partial charge in [-0.1, -0.05) is 0 Å². The van der Waals surface area contributed by atoms with Crippen molar-refractivity contribution in [3.05, 3.63) is 11.8 Å². The molecule has 0 radical (unpaired) electrons. The number of nitrogens with zero attached hydrogens (tertiary/aromatic N) is 4. The first kappa shape index (κ1) is 15.3. The molecule has 7 heteroatoms. The molecule has 0 aromatic carbocycles. The van der Waals surface area contributed by atoms with Gasteiger partial charge in [-0.15, -0.1) is 10.2 Å². The standard InChI is InChI=1S/C13H22N4O2S/c1-16(2)9-11-14-15-13(19-11)10-5-3-4-7-17(10)12(18)6-8-20/h10,20H,3-9H2,1-2H3. The molecule has 1 aliphatic heterocycles. The van der Waals surface area contributed by atoms with Crippen LogP contribution in [0.25, 0.3) is 0 Å². The quantitative estimate of drug-likeness (QED) is 0.835. The van der Waals surface area contributed by atoms with Crippen LogP contribution < -0.4 is 0 Å². The van der Waals surface area contributed by atoms with Crippen molar-refractivity contribution in [3.63, 3.8) is 0 Å². The summed E-state index contributed by atoms with van der Waals surface area (Å²) in [6, 6.07) is -0.0699. The van der Waals surface area contributed by atoms with E-state index < -0.39 is 0 Å². The molecule has 0 N–H and O–H groups in total. The lowest BCUT2D eigenvalue weighted by molar-refractivity contribution is -0.135. The van der Waals surface area contributed by atoms with Gasteiger partial charge in [-0.3, -0.25) is 4.79 Å². The van der Waals surface area contributed by atoms with Crippen molar-refractivity contribution in [1.29, 1.82) is 0 Å². The van der Waals surface area contributed by atoms with Gasteiger partial charge in [-0.25, -0.2) is 0 Å². The van der Waals surface area contributed by atoms with Crippen molar-refractivity contribution >= 4 is 18.5 Å². The Morgan fingerprint density at radius 3 is 2.95 bits per heavy atom. The van der Waals surface area contributed by atoms with E-state index in [1.807, 2.05) is 23.9 Å². The molecular formula is C13H22N4O2S. The molecule has 112 valence electrons. The summed E-state index contributed by atoms with van der Waals surface area (Å²) in [5.74, 6) is 1.85. The number of amides is 1. The number of carbonyl (C=O) groups excluding carboxylic acids is 1. The third-order valence-electron chi connectivity index (χ3n) is 3.37. The van der Waals surface area contributed by atoms with Crippen molar-refractivity contribution in [2.75, 3.05) is 26.4 Å². The Morgan fingerprint density at radius 1 is 1.45 bits per heavy atom. The van der Waals surface area contributed by atoms with Gasteiger partial charge in [0.15, 0.2) is 0 Å². The van der Waals surface area contributed by atoms with Gasteiger partial charge in [0.1, 0.15) is 6.04 Å². The fourth-order valence-electron chi connectivity index (χ4n) is 2.46. The molecule has 0 aliphatic carbocycles. The van der Waals surface area contributed by atoms with Crippen LogP contribution >= 0.6 is 12.6 Å². The molecule has 6 nitrogen and oxygen atoms in total. The van der Waals surface area contributed by atoms with E-state index in [0.29, 0.717) is 30.5 Å². The van der Waals surface area contributed by atoms with E-state index in [2.05, 4.69) is 22.8 Å². The molecule has 1 aromatic heterocycles. The zero-order valence-corrected chi connectivity index (χ0v) is 13.0. The lowest BCUT2D eigenvalue weighted by Crippen LogP contribution is -2.38. The van der Waals surface area contributed by atoms with E-state index in [0.717, 1.165) is 25.8 Å². The van der Waals surface area contributed by atoms with E-state index in [1.54, 1.807) is 0 Å². The zero-order chi connectivity index (χ0) is 14.5. The minimum absolute atomic E-state index is 0.0699. The average Bonchev–Trinajstić information content (AvgIpc) is 2.86. The molecule has 1 aromatic rings. The van der Waals surface area contributed by atoms with Gasteiger partial charge < -0.3 is 14.2 Å². The summed E-state index contributed by atoms with van der Waals surface area (Å²) < 4.78 is 5.72. The van der Waals surface area contributed by atoms with E-state index in [4.69, 9.17) is 4.42 Å². The Bertz CT molecular complexity index is 449. The minimum atomic E-state index is -0.0699. The minimum Gasteiger partial charge on any atom is -0.422 e. The van der Waals surface area contributed by atoms with Crippen LogP contribution in [0.3, 0.4) is 0 Å². The monoisotopic (exact) mass is 298 g/mol. The molecule has 20 heavy (non-hydrogen) atoms. The second-order valence-electron chi connectivity index (χ2n) is 5.34. The molecule has 1 fully saturated rings. The van der Waals surface area contributed by atoms with Crippen molar-refractivity contribution in [3.8, 4) is 0 Å². The average molecular weight is 298 g/mol. The Hall–Kier alpha value is -1.08. The molecule has 2 rings (SSSR count). The second-order valence-corrected chi connectivity index (χ2v) is 5.79. The summed E-state index contributed by atoms with van der Waals surface area (Å²) in [5.41, 5.74) is 0. The van der Waals surface area contributed by atoms with Crippen molar-refractivity contribution in [2.45, 2.75) is 38.3 Å². The van der Waals surface area contributed by atoms with Crippen LogP contribution in [0.4, 0.5) is 0 Å². The maximum absolute atomic E-state index is 12.1. The van der Waals surface area contributed by atoms with Gasteiger partial charge in [-0.05, 0) is 39.1 Å². The molecule has 1 atom stereocenters. The first-order chi connectivity index (χ1) is 9.61. The third-order valence-corrected chi connectivity index (χ3v) is 3.59. The molecule has 2 heterocycles. The first-order valence-electron chi connectivity index (χ1n) is 6.99. The van der Waals surface area contributed by atoms with E-state index in [-0.39, 0.29) is 11.9 Å². The fourth-order valence-corrected chi connectivity index (χ4v) is 2.65. The zero-order valence-electron chi connectivity index (χ0n) is 12.1. The summed E-state index contributed by atoms with van der Waals surface area (Å²) in [6.45, 7) is 1.38. The van der Waals surface area contributed by atoms with Crippen LogP contribution in [-0.4, -0.2) is 52.3 Å². The number of hydrogen-bond acceptors (Lipinski definition) is 6. The smallest absolute Gasteiger partial charge is 0.239 e. The summed E-state index contributed by atoms with van der Waals surface area (Å²) in [4.78, 5) is 16.0. The van der Waals surface area contributed by atoms with Gasteiger partial charge in [0, 0.05) is 13.0 Å². The van der Waals surface area contributed by atoms with E-state index in [1.165, 1.54) is 0 Å². The fraction of sp³-hybridized carbons (Fsp3) is 0.769. The van der Waals surface area contributed by atoms with Crippen molar-refractivity contribution < 1.29 is 9.21 Å². The number of likely N-dealkylation sites (tertiary alicyclic amines) is 1. The van der Waals surface area contributed by atoms with Gasteiger partial charge in [0.25, 0.3) is 0 Å². The molecular weight excluding hydrogens is 276 g/mol. The van der Waals surface area contributed by atoms with Crippen LogP contribution in [-0.2, 0) is 11.3 Å². The van der Waals surface area contributed by atoms with Crippen LogP contribution in [0.15, 0.2) is 4.42 Å². The highest BCUT2D eigenvalue weighted by Crippen LogP contribution is 2.30. The topological polar surface area (TPSA) is 62.5 Å². The summed E-state index contributed by atoms with van der Waals surface area (Å²) >= 11 is 4.13. The predicted molar refractivity (Wildman–Crippen MR) is 78.5 cm³/mol. The maximum Gasteiger partial charge on any atom is 0.239 e. The highest BCUT2D eigenvalue weighted by molar-refractivity contribution is 7.80. The summed E-state index contributed by atoms with van der Waals surface area (Å²) in [6.07, 6.45) is 3.47. The third kappa shape index (κ3) is 3.73. The lowest BCUT2D eigenvalue weighted by Gasteiger charge is -2.33. The molecule has 0 spiro atoms. The van der Waals surface area contributed by atoms with Gasteiger partial charge in [0.05, 0.1) is 6.54 Å². The number of piperidine rings is 1. The summed E-state index contributed by atoms with van der Waals surface area (Å²) in [5, 5.41) is 8.19. The van der Waals surface area contributed by atoms with Crippen LogP contribution in [0.1, 0.15) is 43.5 Å². The largest absolute Gasteiger partial charge is 0.422 e. The second kappa shape index (κ2) is 7.08. The predicted octanol–water partition coefficient (Wildman–Crippen LogP) is 1.50. The highest BCUT2D eigenvalue weighted by atomic mass is 32.1. The molecule has 0 bridgehead atoms. The summed E-state index contributed by atoms with van der Waals surface area (Å²) in [7, 11) is 3.90. The molecule has 1 unspecified atom stereocenters. The van der Waals surface area contributed by atoms with Crippen molar-refractivity contribution in [2.24, 2.45) is 0 Å². The number of carbonyl (C=O) groups is 1.